The topological polar surface area (TPSA) is 62.2 Å². The van der Waals surface area contributed by atoms with Gasteiger partial charge in [0.2, 0.25) is 5.91 Å². The number of aromatic nitrogens is 1. The van der Waals surface area contributed by atoms with Crippen LogP contribution in [-0.2, 0) is 4.79 Å². The summed E-state index contributed by atoms with van der Waals surface area (Å²) in [5.41, 5.74) is 0.0939. The molecule has 1 aliphatic carbocycles. The minimum atomic E-state index is -0.977. The largest absolute Gasteiger partial charge is 0.389 e. The highest BCUT2D eigenvalue weighted by Crippen LogP contribution is 2.33. The fourth-order valence-corrected chi connectivity index (χ4v) is 3.32. The van der Waals surface area contributed by atoms with E-state index in [1.54, 1.807) is 24.5 Å². The Morgan fingerprint density at radius 2 is 1.96 bits per heavy atom. The van der Waals surface area contributed by atoms with Crippen LogP contribution in [0.25, 0.3) is 0 Å². The molecule has 1 amide bonds. The lowest BCUT2D eigenvalue weighted by Crippen LogP contribution is -2.37. The molecule has 0 unspecified atom stereocenters. The van der Waals surface area contributed by atoms with Gasteiger partial charge in [-0.25, -0.2) is 8.78 Å². The maximum atomic E-state index is 13.6. The average molecular weight is 346 g/mol. The van der Waals surface area contributed by atoms with Gasteiger partial charge in [0.1, 0.15) is 0 Å². The Morgan fingerprint density at radius 1 is 1.20 bits per heavy atom. The van der Waals surface area contributed by atoms with E-state index in [9.17, 15) is 18.7 Å². The molecule has 0 spiro atoms. The summed E-state index contributed by atoms with van der Waals surface area (Å²) < 4.78 is 26.9. The van der Waals surface area contributed by atoms with E-state index >= 15 is 0 Å². The third-order valence-electron chi connectivity index (χ3n) is 4.62. The van der Waals surface area contributed by atoms with Crippen LogP contribution in [0.15, 0.2) is 42.7 Å². The summed E-state index contributed by atoms with van der Waals surface area (Å²) in [5, 5.41) is 13.2. The number of nitrogens with zero attached hydrogens (tertiary/aromatic N) is 1. The number of hydrogen-bond donors (Lipinski definition) is 2. The second kappa shape index (κ2) is 7.27. The number of nitrogens with one attached hydrogen (secondary N) is 1. The molecule has 1 saturated carbocycles. The zero-order valence-corrected chi connectivity index (χ0v) is 13.7. The zero-order chi connectivity index (χ0) is 17.9. The second-order valence-electron chi connectivity index (χ2n) is 6.57. The molecular weight excluding hydrogens is 326 g/mol. The van der Waals surface area contributed by atoms with E-state index in [0.29, 0.717) is 24.0 Å². The van der Waals surface area contributed by atoms with Crippen molar-refractivity contribution in [3.63, 3.8) is 0 Å². The Hall–Kier alpha value is -2.34. The molecule has 2 N–H and O–H groups in total. The summed E-state index contributed by atoms with van der Waals surface area (Å²) >= 11 is 0. The van der Waals surface area contributed by atoms with E-state index in [0.717, 1.165) is 25.0 Å². The van der Waals surface area contributed by atoms with Gasteiger partial charge < -0.3 is 10.4 Å². The maximum absolute atomic E-state index is 13.6. The predicted octanol–water partition coefficient (Wildman–Crippen LogP) is 3.26. The molecule has 0 saturated heterocycles. The second-order valence-corrected chi connectivity index (χ2v) is 6.57. The van der Waals surface area contributed by atoms with Gasteiger partial charge >= 0.3 is 0 Å². The fourth-order valence-electron chi connectivity index (χ4n) is 3.32. The minimum Gasteiger partial charge on any atom is -0.389 e. The van der Waals surface area contributed by atoms with Crippen LogP contribution in [0.1, 0.15) is 49.3 Å². The van der Waals surface area contributed by atoms with Crippen LogP contribution in [0, 0.1) is 11.6 Å². The molecule has 1 fully saturated rings. The molecule has 4 nitrogen and oxygen atoms in total. The zero-order valence-electron chi connectivity index (χ0n) is 13.7. The third kappa shape index (κ3) is 4.20. The normalized spacial score (nSPS) is 17.2. The monoisotopic (exact) mass is 346 g/mol. The highest BCUT2D eigenvalue weighted by molar-refractivity contribution is 5.78. The standard InChI is InChI=1S/C19H20F2N2O2/c20-15-6-5-13(10-16(15)21)18(14-4-3-9-22-12-14)23-17(24)11-19(25)7-1-2-8-19/h3-6,9-10,12,18,25H,1-2,7-8,11H2,(H,23,24)/t18-/m1/s1. The lowest BCUT2D eigenvalue weighted by atomic mass is 9.95. The number of rotatable bonds is 5. The molecule has 25 heavy (non-hydrogen) atoms. The molecule has 0 radical (unpaired) electrons. The maximum Gasteiger partial charge on any atom is 0.223 e. The number of pyridine rings is 1. The molecule has 2 aromatic rings. The van der Waals surface area contributed by atoms with E-state index in [1.165, 1.54) is 6.07 Å². The first-order valence-electron chi connectivity index (χ1n) is 8.33. The summed E-state index contributed by atoms with van der Waals surface area (Å²) in [6, 6.07) is 6.33. The van der Waals surface area contributed by atoms with Crippen molar-refractivity contribution in [2.45, 2.75) is 43.7 Å². The predicted molar refractivity (Wildman–Crippen MR) is 88.6 cm³/mol. The highest BCUT2D eigenvalue weighted by atomic mass is 19.2. The van der Waals surface area contributed by atoms with Gasteiger partial charge in [0.25, 0.3) is 0 Å². The van der Waals surface area contributed by atoms with Crippen LogP contribution in [0.2, 0.25) is 0 Å². The molecule has 0 bridgehead atoms. The number of halogens is 2. The molecule has 1 aromatic heterocycles. The molecule has 3 rings (SSSR count). The van der Waals surface area contributed by atoms with Gasteiger partial charge in [-0.05, 0) is 42.2 Å². The minimum absolute atomic E-state index is 0.00651. The summed E-state index contributed by atoms with van der Waals surface area (Å²) in [6.45, 7) is 0. The van der Waals surface area contributed by atoms with E-state index in [4.69, 9.17) is 0 Å². The molecule has 1 atom stereocenters. The smallest absolute Gasteiger partial charge is 0.223 e. The molecule has 6 heteroatoms. The number of aliphatic hydroxyl groups is 1. The summed E-state index contributed by atoms with van der Waals surface area (Å²) in [6.07, 6.45) is 6.16. The first-order valence-corrected chi connectivity index (χ1v) is 8.33. The van der Waals surface area contributed by atoms with E-state index in [-0.39, 0.29) is 12.3 Å². The molecular formula is C19H20F2N2O2. The first-order chi connectivity index (χ1) is 12.0. The van der Waals surface area contributed by atoms with Gasteiger partial charge in [-0.3, -0.25) is 9.78 Å². The molecule has 1 aliphatic rings. The van der Waals surface area contributed by atoms with Gasteiger partial charge in [-0.15, -0.1) is 0 Å². The summed E-state index contributed by atoms with van der Waals surface area (Å²) in [4.78, 5) is 16.5. The Labute approximate surface area is 144 Å². The quantitative estimate of drug-likeness (QED) is 0.873. The molecule has 132 valence electrons. The van der Waals surface area contributed by atoms with Gasteiger partial charge in [0.15, 0.2) is 11.6 Å². The number of hydrogen-bond acceptors (Lipinski definition) is 3. The molecule has 1 aromatic carbocycles. The van der Waals surface area contributed by atoms with Crippen LogP contribution in [0.4, 0.5) is 8.78 Å². The highest BCUT2D eigenvalue weighted by Gasteiger charge is 2.34. The van der Waals surface area contributed by atoms with Gasteiger partial charge in [0, 0.05) is 12.4 Å². The van der Waals surface area contributed by atoms with Crippen LogP contribution in [0.3, 0.4) is 0 Å². The summed E-state index contributed by atoms with van der Waals surface area (Å²) in [5.74, 6) is -2.25. The number of amides is 1. The van der Waals surface area contributed by atoms with Crippen LogP contribution in [0.5, 0.6) is 0 Å². The van der Waals surface area contributed by atoms with Crippen molar-refractivity contribution < 1.29 is 18.7 Å². The van der Waals surface area contributed by atoms with Crippen molar-refractivity contribution in [2.75, 3.05) is 0 Å². The number of carbonyl (C=O) groups excluding carboxylic acids is 1. The van der Waals surface area contributed by atoms with Crippen LogP contribution < -0.4 is 5.32 Å². The number of carbonyl (C=O) groups is 1. The first kappa shape index (κ1) is 17.5. The Kier molecular flexibility index (Phi) is 5.08. The number of benzene rings is 1. The molecule has 1 heterocycles. The van der Waals surface area contributed by atoms with E-state index < -0.39 is 23.3 Å². The average Bonchev–Trinajstić information content (AvgIpc) is 3.02. The van der Waals surface area contributed by atoms with Gasteiger partial charge in [-0.1, -0.05) is 25.0 Å². The van der Waals surface area contributed by atoms with Crippen molar-refractivity contribution in [3.8, 4) is 0 Å². The Balaban J connectivity index is 1.84. The van der Waals surface area contributed by atoms with Gasteiger partial charge in [0.05, 0.1) is 18.1 Å². The van der Waals surface area contributed by atoms with Crippen LogP contribution in [-0.4, -0.2) is 21.6 Å². The SMILES string of the molecule is O=C(CC1(O)CCCC1)N[C@@H](c1cccnc1)c1ccc(F)c(F)c1. The van der Waals surface area contributed by atoms with Crippen LogP contribution >= 0.6 is 0 Å². The van der Waals surface area contributed by atoms with E-state index in [1.807, 2.05) is 0 Å². The van der Waals surface area contributed by atoms with Crippen molar-refractivity contribution >= 4 is 5.91 Å². The molecule has 0 aliphatic heterocycles. The lowest BCUT2D eigenvalue weighted by Gasteiger charge is -2.24. The Bertz CT molecular complexity index is 746. The van der Waals surface area contributed by atoms with Crippen molar-refractivity contribution in [2.24, 2.45) is 0 Å². The fraction of sp³-hybridized carbons (Fsp3) is 0.368. The Morgan fingerprint density at radius 3 is 2.60 bits per heavy atom. The van der Waals surface area contributed by atoms with Crippen molar-refractivity contribution in [3.05, 3.63) is 65.5 Å². The van der Waals surface area contributed by atoms with Crippen molar-refractivity contribution in [1.29, 1.82) is 0 Å². The van der Waals surface area contributed by atoms with E-state index in [2.05, 4.69) is 10.3 Å². The van der Waals surface area contributed by atoms with Crippen molar-refractivity contribution in [1.82, 2.24) is 10.3 Å². The third-order valence-corrected chi connectivity index (χ3v) is 4.62. The van der Waals surface area contributed by atoms with Gasteiger partial charge in [-0.2, -0.15) is 0 Å². The summed E-state index contributed by atoms with van der Waals surface area (Å²) in [7, 11) is 0. The lowest BCUT2D eigenvalue weighted by molar-refractivity contribution is -0.126.